The first-order chi connectivity index (χ1) is 26.6. The molecular weight excluding hydrogens is 730 g/mol. The Bertz CT molecular complexity index is 1080. The third-order valence-electron chi connectivity index (χ3n) is 7.99. The summed E-state index contributed by atoms with van der Waals surface area (Å²) >= 11 is 0. The van der Waals surface area contributed by atoms with Gasteiger partial charge in [-0.2, -0.15) is 0 Å². The third kappa shape index (κ3) is 29.5. The lowest BCUT2D eigenvalue weighted by atomic mass is 9.82. The molecule has 1 saturated carbocycles. The van der Waals surface area contributed by atoms with Gasteiger partial charge in [-0.05, 0) is 38.0 Å². The van der Waals surface area contributed by atoms with Gasteiger partial charge in [-0.15, -0.1) is 0 Å². The number of aliphatic hydroxyl groups is 1. The second-order valence-electron chi connectivity index (χ2n) is 12.6. The van der Waals surface area contributed by atoms with Crippen LogP contribution in [0.2, 0.25) is 0 Å². The van der Waals surface area contributed by atoms with Crippen molar-refractivity contribution in [1.82, 2.24) is 26.6 Å². The monoisotopic (exact) mass is 793 g/mol. The number of carboxylic acids is 1. The molecular formula is C35H63N5O15. The highest BCUT2D eigenvalue weighted by atomic mass is 16.5. The molecule has 1 aliphatic rings. The molecule has 7 N–H and O–H groups in total. The molecule has 0 aromatic heterocycles. The van der Waals surface area contributed by atoms with E-state index in [-0.39, 0.29) is 160 Å². The predicted octanol–water partition coefficient (Wildman–Crippen LogP) is -2.26. The molecule has 20 nitrogen and oxygen atoms in total. The number of ether oxygens (including phenoxy) is 7. The number of amides is 5. The van der Waals surface area contributed by atoms with Gasteiger partial charge in [-0.1, -0.05) is 6.92 Å². The minimum Gasteiger partial charge on any atom is -0.480 e. The standard InChI is InChI=1S/C35H63N5O15/c1-27-2-4-28(5-3-27)34(46)40-29(35(47)48)6-7-30(42)36-8-14-50-18-21-53-25-32(44)38-10-16-52-20-23-55-26-33(45)39-11-15-51-19-22-54-24-31(43)37-9-13-49-17-12-41/h27-29,41H,2-26H2,1H3,(H,36,42)(H,37,43)(H,38,44)(H,39,45)(H,40,46)(H,47,48)/t27?,28?,29-/m0/s1. The van der Waals surface area contributed by atoms with Crippen LogP contribution in [-0.2, 0) is 61.9 Å². The molecule has 0 bridgehead atoms. The van der Waals surface area contributed by atoms with E-state index in [2.05, 4.69) is 33.5 Å². The van der Waals surface area contributed by atoms with Crippen LogP contribution < -0.4 is 26.6 Å². The molecule has 0 aromatic carbocycles. The molecule has 0 unspecified atom stereocenters. The summed E-state index contributed by atoms with van der Waals surface area (Å²) < 4.78 is 36.8. The molecule has 0 aromatic rings. The Balaban J connectivity index is 1.87. The third-order valence-corrected chi connectivity index (χ3v) is 7.99. The van der Waals surface area contributed by atoms with Crippen LogP contribution in [0, 0.1) is 11.8 Å². The average Bonchev–Trinajstić information content (AvgIpc) is 3.16. The average molecular weight is 794 g/mol. The molecule has 0 saturated heterocycles. The van der Waals surface area contributed by atoms with Crippen molar-refractivity contribution in [2.24, 2.45) is 11.8 Å². The largest absolute Gasteiger partial charge is 0.480 e. The Morgan fingerprint density at radius 1 is 0.545 bits per heavy atom. The van der Waals surface area contributed by atoms with Crippen LogP contribution >= 0.6 is 0 Å². The molecule has 318 valence electrons. The van der Waals surface area contributed by atoms with E-state index in [0.717, 1.165) is 25.7 Å². The van der Waals surface area contributed by atoms with Crippen molar-refractivity contribution >= 4 is 35.5 Å². The summed E-state index contributed by atoms with van der Waals surface area (Å²) in [6.45, 7) is 5.26. The Morgan fingerprint density at radius 3 is 1.33 bits per heavy atom. The fourth-order valence-electron chi connectivity index (χ4n) is 4.96. The van der Waals surface area contributed by atoms with Gasteiger partial charge in [0.2, 0.25) is 29.5 Å². The fourth-order valence-corrected chi connectivity index (χ4v) is 4.96. The lowest BCUT2D eigenvalue weighted by Crippen LogP contribution is -2.45. The maximum absolute atomic E-state index is 12.5. The Morgan fingerprint density at radius 2 is 0.927 bits per heavy atom. The molecule has 0 aliphatic heterocycles. The summed E-state index contributed by atoms with van der Waals surface area (Å²) in [5, 5.41) is 31.2. The predicted molar refractivity (Wildman–Crippen MR) is 195 cm³/mol. The van der Waals surface area contributed by atoms with Gasteiger partial charge in [-0.3, -0.25) is 24.0 Å². The van der Waals surface area contributed by atoms with Gasteiger partial charge in [0.25, 0.3) is 0 Å². The van der Waals surface area contributed by atoms with Gasteiger partial charge in [0, 0.05) is 38.5 Å². The summed E-state index contributed by atoms with van der Waals surface area (Å²) in [7, 11) is 0. The first-order valence-corrected chi connectivity index (χ1v) is 18.9. The number of carbonyl (C=O) groups is 6. The Kier molecular flexibility index (Phi) is 30.4. The quantitative estimate of drug-likeness (QED) is 0.0334. The zero-order valence-electron chi connectivity index (χ0n) is 32.1. The number of hydrogen-bond acceptors (Lipinski definition) is 14. The van der Waals surface area contributed by atoms with E-state index >= 15 is 0 Å². The lowest BCUT2D eigenvalue weighted by Gasteiger charge is -2.26. The van der Waals surface area contributed by atoms with Crippen molar-refractivity contribution in [2.45, 2.75) is 51.5 Å². The van der Waals surface area contributed by atoms with Gasteiger partial charge in [0.1, 0.15) is 25.9 Å². The van der Waals surface area contributed by atoms with E-state index in [1.807, 2.05) is 0 Å². The second-order valence-corrected chi connectivity index (χ2v) is 12.6. The topological polar surface area (TPSA) is 268 Å². The molecule has 1 rings (SSSR count). The Labute approximate surface area is 322 Å². The molecule has 1 fully saturated rings. The number of aliphatic hydroxyl groups excluding tert-OH is 1. The van der Waals surface area contributed by atoms with Gasteiger partial charge in [-0.25, -0.2) is 4.79 Å². The van der Waals surface area contributed by atoms with Crippen LogP contribution in [-0.4, -0.2) is 177 Å². The molecule has 0 heterocycles. The normalized spacial score (nSPS) is 15.8. The number of hydrogen-bond donors (Lipinski definition) is 7. The smallest absolute Gasteiger partial charge is 0.326 e. The minimum atomic E-state index is -1.17. The van der Waals surface area contributed by atoms with Crippen LogP contribution in [0.4, 0.5) is 0 Å². The van der Waals surface area contributed by atoms with Crippen molar-refractivity contribution in [3.63, 3.8) is 0 Å². The highest BCUT2D eigenvalue weighted by molar-refractivity contribution is 5.85. The van der Waals surface area contributed by atoms with E-state index in [9.17, 15) is 33.9 Å². The number of nitrogens with one attached hydrogen (secondary N) is 5. The number of rotatable bonds is 35. The lowest BCUT2D eigenvalue weighted by molar-refractivity contribution is -0.143. The van der Waals surface area contributed by atoms with E-state index < -0.39 is 12.0 Å². The maximum atomic E-state index is 12.5. The summed E-state index contributed by atoms with van der Waals surface area (Å²) in [5.74, 6) is -2.30. The summed E-state index contributed by atoms with van der Waals surface area (Å²) in [6.07, 6.45) is 3.32. The minimum absolute atomic E-state index is 0.0104. The van der Waals surface area contributed by atoms with Crippen LogP contribution in [0.1, 0.15) is 45.4 Å². The van der Waals surface area contributed by atoms with Crippen LogP contribution in [0.3, 0.4) is 0 Å². The van der Waals surface area contributed by atoms with Crippen molar-refractivity contribution in [3.05, 3.63) is 0 Å². The first kappa shape index (κ1) is 49.5. The zero-order valence-corrected chi connectivity index (χ0v) is 32.1. The second kappa shape index (κ2) is 33.8. The Hall–Kier alpha value is -3.50. The van der Waals surface area contributed by atoms with E-state index in [1.54, 1.807) is 0 Å². The maximum Gasteiger partial charge on any atom is 0.326 e. The molecule has 0 spiro atoms. The molecule has 5 amide bonds. The van der Waals surface area contributed by atoms with Gasteiger partial charge in [0.15, 0.2) is 0 Å². The highest BCUT2D eigenvalue weighted by Crippen LogP contribution is 2.28. The molecule has 1 aliphatic carbocycles. The fraction of sp³-hybridized carbons (Fsp3) is 0.829. The van der Waals surface area contributed by atoms with E-state index in [4.69, 9.17) is 38.3 Å². The van der Waals surface area contributed by atoms with Crippen molar-refractivity contribution in [2.75, 3.05) is 125 Å². The highest BCUT2D eigenvalue weighted by Gasteiger charge is 2.28. The van der Waals surface area contributed by atoms with Crippen LogP contribution in [0.5, 0.6) is 0 Å². The van der Waals surface area contributed by atoms with E-state index in [1.165, 1.54) is 0 Å². The number of carbonyl (C=O) groups excluding carboxylic acids is 5. The summed E-state index contributed by atoms with van der Waals surface area (Å²) in [6, 6.07) is -1.12. The van der Waals surface area contributed by atoms with Gasteiger partial charge in [0.05, 0.1) is 79.3 Å². The molecule has 55 heavy (non-hydrogen) atoms. The van der Waals surface area contributed by atoms with Gasteiger partial charge < -0.3 is 70.0 Å². The van der Waals surface area contributed by atoms with Crippen molar-refractivity contribution in [1.29, 1.82) is 0 Å². The molecule has 0 radical (unpaired) electrons. The van der Waals surface area contributed by atoms with Crippen LogP contribution in [0.15, 0.2) is 0 Å². The van der Waals surface area contributed by atoms with Crippen molar-refractivity contribution < 1.29 is 72.1 Å². The summed E-state index contributed by atoms with van der Waals surface area (Å²) in [4.78, 5) is 71.4. The van der Waals surface area contributed by atoms with Gasteiger partial charge >= 0.3 is 5.97 Å². The number of carboxylic acid groups (broad SMARTS) is 1. The first-order valence-electron chi connectivity index (χ1n) is 18.9. The van der Waals surface area contributed by atoms with Crippen LogP contribution in [0.25, 0.3) is 0 Å². The molecule has 1 atom stereocenters. The molecule has 20 heteroatoms. The SMILES string of the molecule is CC1CCC(C(=O)N[C@@H](CCC(=O)NCCOCCOCC(=O)NCCOCCOCC(=O)NCCOCCOCC(=O)NCCOCCO)C(=O)O)CC1. The zero-order chi connectivity index (χ0) is 40.4. The van der Waals surface area contributed by atoms with E-state index in [0.29, 0.717) is 19.1 Å². The van der Waals surface area contributed by atoms with Crippen molar-refractivity contribution in [3.8, 4) is 0 Å². The summed E-state index contributed by atoms with van der Waals surface area (Å²) in [5.41, 5.74) is 0. The number of aliphatic carboxylic acids is 1.